The molecule has 0 aromatic heterocycles. The average molecular weight is 226 g/mol. The smallest absolute Gasteiger partial charge is 0.182 e. The molecule has 0 aromatic rings. The van der Waals surface area contributed by atoms with Crippen LogP contribution in [0.15, 0.2) is 12.5 Å². The van der Waals surface area contributed by atoms with Gasteiger partial charge in [-0.05, 0) is 41.2 Å². The highest BCUT2D eigenvalue weighted by molar-refractivity contribution is 4.90. The van der Waals surface area contributed by atoms with Crippen molar-refractivity contribution in [3.63, 3.8) is 0 Å². The van der Waals surface area contributed by atoms with Crippen LogP contribution in [0.5, 0.6) is 0 Å². The molecule has 0 saturated carbocycles. The fraction of sp³-hybridized carbons (Fsp3) is 0.846. The summed E-state index contributed by atoms with van der Waals surface area (Å²) < 4.78 is 5.79. The van der Waals surface area contributed by atoms with E-state index in [1.807, 2.05) is 0 Å². The highest BCUT2D eigenvalue weighted by Gasteiger charge is 2.22. The predicted molar refractivity (Wildman–Crippen MR) is 68.3 cm³/mol. The molecule has 0 atom stereocenters. The van der Waals surface area contributed by atoms with Crippen molar-refractivity contribution >= 4 is 0 Å². The molecule has 0 bridgehead atoms. The Labute approximate surface area is 100 Å². The Morgan fingerprint density at radius 1 is 1.12 bits per heavy atom. The Bertz CT molecular complexity index is 235. The van der Waals surface area contributed by atoms with E-state index in [0.717, 1.165) is 32.1 Å². The van der Waals surface area contributed by atoms with E-state index >= 15 is 0 Å². The summed E-state index contributed by atoms with van der Waals surface area (Å²) >= 11 is 0. The molecule has 0 N–H and O–H groups in total. The van der Waals surface area contributed by atoms with E-state index in [0.29, 0.717) is 6.04 Å². The van der Waals surface area contributed by atoms with E-state index < -0.39 is 0 Å². The average Bonchev–Trinajstić information content (AvgIpc) is 2.15. The second-order valence-corrected chi connectivity index (χ2v) is 5.72. The molecule has 0 amide bonds. The lowest BCUT2D eigenvalue weighted by Gasteiger charge is -2.39. The Morgan fingerprint density at radius 2 is 1.62 bits per heavy atom. The molecule has 0 radical (unpaired) electrons. The van der Waals surface area contributed by atoms with Crippen LogP contribution >= 0.6 is 0 Å². The van der Waals surface area contributed by atoms with Gasteiger partial charge >= 0.3 is 0 Å². The molecule has 1 aliphatic heterocycles. The Balaban J connectivity index is 2.39. The zero-order valence-electron chi connectivity index (χ0n) is 11.4. The maximum Gasteiger partial charge on any atom is 0.182 e. The molecule has 1 fully saturated rings. The third-order valence-corrected chi connectivity index (χ3v) is 2.82. The lowest BCUT2D eigenvalue weighted by Crippen LogP contribution is -2.49. The van der Waals surface area contributed by atoms with Gasteiger partial charge in [-0.25, -0.2) is 0 Å². The number of nitrogens with zero attached hydrogens (tertiary/aromatic N) is 2. The van der Waals surface area contributed by atoms with E-state index in [4.69, 9.17) is 4.74 Å². The minimum absolute atomic E-state index is 0.147. The van der Waals surface area contributed by atoms with Crippen molar-refractivity contribution in [3.8, 4) is 0 Å². The van der Waals surface area contributed by atoms with Crippen molar-refractivity contribution in [2.75, 3.05) is 26.2 Å². The van der Waals surface area contributed by atoms with Gasteiger partial charge in [0.05, 0.1) is 0 Å². The quantitative estimate of drug-likeness (QED) is 0.687. The third kappa shape index (κ3) is 4.05. The summed E-state index contributed by atoms with van der Waals surface area (Å²) in [5, 5.41) is 0. The van der Waals surface area contributed by atoms with Crippen LogP contribution < -0.4 is 0 Å². The number of piperazine rings is 1. The van der Waals surface area contributed by atoms with Crippen LogP contribution in [-0.4, -0.2) is 47.6 Å². The molecule has 1 rings (SSSR count). The van der Waals surface area contributed by atoms with Crippen LogP contribution in [0.3, 0.4) is 0 Å². The summed E-state index contributed by atoms with van der Waals surface area (Å²) in [5.74, 6) is 0.816. The maximum atomic E-state index is 5.79. The molecular formula is C13H26N2O. The Hall–Kier alpha value is -0.700. The summed E-state index contributed by atoms with van der Waals surface area (Å²) in [4.78, 5) is 4.73. The summed E-state index contributed by atoms with van der Waals surface area (Å²) in [5.41, 5.74) is -0.147. The van der Waals surface area contributed by atoms with E-state index in [-0.39, 0.29) is 5.60 Å². The highest BCUT2D eigenvalue weighted by atomic mass is 16.5. The van der Waals surface area contributed by atoms with Crippen molar-refractivity contribution in [2.45, 2.75) is 46.3 Å². The monoisotopic (exact) mass is 226 g/mol. The number of rotatable bonds is 3. The highest BCUT2D eigenvalue weighted by Crippen LogP contribution is 2.17. The molecule has 0 aliphatic carbocycles. The van der Waals surface area contributed by atoms with Gasteiger partial charge < -0.3 is 9.64 Å². The van der Waals surface area contributed by atoms with Crippen LogP contribution in [0, 0.1) is 0 Å². The van der Waals surface area contributed by atoms with Crippen LogP contribution in [0.2, 0.25) is 0 Å². The molecule has 0 unspecified atom stereocenters. The molecule has 1 aliphatic rings. The molecule has 0 aromatic carbocycles. The first kappa shape index (κ1) is 13.4. The lowest BCUT2D eigenvalue weighted by atomic mass is 10.2. The minimum Gasteiger partial charge on any atom is -0.474 e. The summed E-state index contributed by atoms with van der Waals surface area (Å²) in [6.07, 6.45) is 0. The maximum absolute atomic E-state index is 5.79. The normalized spacial score (nSPS) is 19.0. The molecule has 3 nitrogen and oxygen atoms in total. The Kier molecular flexibility index (Phi) is 4.25. The van der Waals surface area contributed by atoms with Gasteiger partial charge in [0.2, 0.25) is 0 Å². The molecule has 16 heavy (non-hydrogen) atoms. The second-order valence-electron chi connectivity index (χ2n) is 5.72. The van der Waals surface area contributed by atoms with E-state index in [9.17, 15) is 0 Å². The van der Waals surface area contributed by atoms with Crippen LogP contribution in [0.1, 0.15) is 34.6 Å². The summed E-state index contributed by atoms with van der Waals surface area (Å²) in [6, 6.07) is 0.638. The van der Waals surface area contributed by atoms with Crippen molar-refractivity contribution in [1.82, 2.24) is 9.80 Å². The van der Waals surface area contributed by atoms with Gasteiger partial charge in [-0.2, -0.15) is 0 Å². The number of ether oxygens (including phenoxy) is 1. The first-order valence-electron chi connectivity index (χ1n) is 6.16. The number of hydrogen-bond donors (Lipinski definition) is 0. The van der Waals surface area contributed by atoms with Gasteiger partial charge in [-0.15, -0.1) is 0 Å². The third-order valence-electron chi connectivity index (χ3n) is 2.82. The van der Waals surface area contributed by atoms with Crippen LogP contribution in [0.25, 0.3) is 0 Å². The predicted octanol–water partition coefficient (Wildman–Crippen LogP) is 2.30. The first-order valence-corrected chi connectivity index (χ1v) is 6.16. The molecule has 3 heteroatoms. The molecule has 94 valence electrons. The van der Waals surface area contributed by atoms with Crippen molar-refractivity contribution < 1.29 is 4.74 Å². The second kappa shape index (κ2) is 5.09. The van der Waals surface area contributed by atoms with E-state index in [1.165, 1.54) is 0 Å². The van der Waals surface area contributed by atoms with E-state index in [1.54, 1.807) is 0 Å². The first-order chi connectivity index (χ1) is 7.29. The molecule has 1 heterocycles. The number of hydrogen-bond acceptors (Lipinski definition) is 3. The largest absolute Gasteiger partial charge is 0.474 e. The van der Waals surface area contributed by atoms with Gasteiger partial charge in [0.25, 0.3) is 0 Å². The van der Waals surface area contributed by atoms with Crippen molar-refractivity contribution in [3.05, 3.63) is 12.5 Å². The fourth-order valence-electron chi connectivity index (χ4n) is 1.91. The topological polar surface area (TPSA) is 15.7 Å². The van der Waals surface area contributed by atoms with Gasteiger partial charge in [-0.1, -0.05) is 0 Å². The SMILES string of the molecule is C=C(OC(C)(C)C)N1CCN(C(C)C)CC1. The molecule has 0 spiro atoms. The summed E-state index contributed by atoms with van der Waals surface area (Å²) in [6.45, 7) is 18.9. The van der Waals surface area contributed by atoms with Crippen molar-refractivity contribution in [1.29, 1.82) is 0 Å². The molecule has 1 saturated heterocycles. The fourth-order valence-corrected chi connectivity index (χ4v) is 1.91. The zero-order chi connectivity index (χ0) is 12.3. The minimum atomic E-state index is -0.147. The zero-order valence-corrected chi connectivity index (χ0v) is 11.4. The van der Waals surface area contributed by atoms with Crippen LogP contribution in [-0.2, 0) is 4.74 Å². The van der Waals surface area contributed by atoms with Gasteiger partial charge in [0.1, 0.15) is 5.60 Å². The van der Waals surface area contributed by atoms with Crippen molar-refractivity contribution in [2.24, 2.45) is 0 Å². The summed E-state index contributed by atoms with van der Waals surface area (Å²) in [7, 11) is 0. The van der Waals surface area contributed by atoms with Gasteiger partial charge in [-0.3, -0.25) is 4.90 Å². The van der Waals surface area contributed by atoms with Crippen LogP contribution in [0.4, 0.5) is 0 Å². The van der Waals surface area contributed by atoms with E-state index in [2.05, 4.69) is 51.0 Å². The molecular weight excluding hydrogens is 200 g/mol. The Morgan fingerprint density at radius 3 is 2.00 bits per heavy atom. The van der Waals surface area contributed by atoms with Gasteiger partial charge in [0.15, 0.2) is 5.88 Å². The standard InChI is InChI=1S/C13H26N2O/c1-11(2)14-7-9-15(10-8-14)12(3)16-13(4,5)6/h11H,3,7-10H2,1-2,4-6H3. The lowest BCUT2D eigenvalue weighted by molar-refractivity contribution is -0.0124. The van der Waals surface area contributed by atoms with Gasteiger partial charge in [0, 0.05) is 32.2 Å².